The van der Waals surface area contributed by atoms with Crippen molar-refractivity contribution < 1.29 is 18.7 Å². The molecule has 5 rings (SSSR count). The zero-order valence-corrected chi connectivity index (χ0v) is 30.0. The van der Waals surface area contributed by atoms with Gasteiger partial charge in [0, 0.05) is 36.7 Å². The van der Waals surface area contributed by atoms with E-state index in [2.05, 4.69) is 76.1 Å². The van der Waals surface area contributed by atoms with Gasteiger partial charge in [0.2, 0.25) is 11.8 Å². The highest BCUT2D eigenvalue weighted by Crippen LogP contribution is 2.47. The topological polar surface area (TPSA) is 127 Å². The number of aromatic nitrogens is 4. The Bertz CT molecular complexity index is 1700. The number of benzene rings is 1. The molecule has 0 unspecified atom stereocenters. The van der Waals surface area contributed by atoms with Gasteiger partial charge in [0.15, 0.2) is 8.32 Å². The van der Waals surface area contributed by atoms with Crippen molar-refractivity contribution in [3.63, 3.8) is 0 Å². The summed E-state index contributed by atoms with van der Waals surface area (Å²) in [5.41, 5.74) is 2.36. The number of nitriles is 1. The van der Waals surface area contributed by atoms with E-state index in [1.54, 1.807) is 23.4 Å². The van der Waals surface area contributed by atoms with E-state index < -0.39 is 25.4 Å². The molecule has 246 valence electrons. The Morgan fingerprint density at radius 3 is 2.54 bits per heavy atom. The summed E-state index contributed by atoms with van der Waals surface area (Å²) in [5, 5.41) is 18.2. The predicted molar refractivity (Wildman–Crippen MR) is 181 cm³/mol. The largest absolute Gasteiger partial charge is 0.476 e. The SMILES string of the molecule is CC(C)(C)OC(=O)N1C[C@](C)(CO[Si](C)(C)C(C)(C)C)c2cc(-c3ccnc(Nc4cnn5c4OCCC5(C)C)n3)cc(C#N)c21. The number of anilines is 3. The Labute approximate surface area is 273 Å². The molecular formula is C34H47N7O4Si. The van der Waals surface area contributed by atoms with E-state index in [1.807, 2.05) is 37.6 Å². The molecule has 46 heavy (non-hydrogen) atoms. The molecule has 0 fully saturated rings. The molecule has 11 nitrogen and oxygen atoms in total. The number of amides is 1. The second-order valence-corrected chi connectivity index (χ2v) is 20.6. The number of carbonyl (C=O) groups is 1. The number of carbonyl (C=O) groups excluding carboxylic acids is 1. The highest BCUT2D eigenvalue weighted by molar-refractivity contribution is 6.74. The molecule has 2 aromatic heterocycles. The summed E-state index contributed by atoms with van der Waals surface area (Å²) in [6.45, 7) is 24.2. The molecule has 1 N–H and O–H groups in total. The quantitative estimate of drug-likeness (QED) is 0.271. The first-order chi connectivity index (χ1) is 21.2. The molecule has 1 amide bonds. The van der Waals surface area contributed by atoms with E-state index in [4.69, 9.17) is 18.9 Å². The lowest BCUT2D eigenvalue weighted by Crippen LogP contribution is -2.46. The van der Waals surface area contributed by atoms with Gasteiger partial charge in [-0.25, -0.2) is 19.4 Å². The van der Waals surface area contributed by atoms with Gasteiger partial charge in [0.05, 0.1) is 35.3 Å². The maximum atomic E-state index is 13.5. The van der Waals surface area contributed by atoms with E-state index in [0.717, 1.165) is 17.5 Å². The van der Waals surface area contributed by atoms with Crippen molar-refractivity contribution in [1.29, 1.82) is 5.26 Å². The number of nitrogens with one attached hydrogen (secondary N) is 1. The summed E-state index contributed by atoms with van der Waals surface area (Å²) in [7, 11) is -2.13. The highest BCUT2D eigenvalue weighted by Gasteiger charge is 2.47. The summed E-state index contributed by atoms with van der Waals surface area (Å²) in [6.07, 6.45) is 3.77. The van der Waals surface area contributed by atoms with E-state index >= 15 is 0 Å². The van der Waals surface area contributed by atoms with Gasteiger partial charge >= 0.3 is 6.09 Å². The summed E-state index contributed by atoms with van der Waals surface area (Å²) >= 11 is 0. The van der Waals surface area contributed by atoms with Crippen LogP contribution in [0, 0.1) is 11.3 Å². The predicted octanol–water partition coefficient (Wildman–Crippen LogP) is 7.51. The van der Waals surface area contributed by atoms with Crippen molar-refractivity contribution in [3.05, 3.63) is 41.7 Å². The molecule has 0 saturated carbocycles. The third-order valence-electron chi connectivity index (χ3n) is 9.28. The van der Waals surface area contributed by atoms with Crippen LogP contribution in [0.5, 0.6) is 5.88 Å². The number of fused-ring (bicyclic) bond motifs is 2. The van der Waals surface area contributed by atoms with Gasteiger partial charge in [0.25, 0.3) is 0 Å². The third kappa shape index (κ3) is 6.35. The Hall–Kier alpha value is -3.95. The molecule has 4 heterocycles. The number of hydrogen-bond acceptors (Lipinski definition) is 9. The van der Waals surface area contributed by atoms with Crippen LogP contribution in [0.25, 0.3) is 11.3 Å². The standard InChI is InChI=1S/C34H47N7O4Si/c1-31(2,3)45-30(42)40-20-34(9,21-44-46(10,11)32(4,5)6)24-17-22(16-23(18-35)27(24)40)25-12-14-36-29(38-25)39-26-19-37-41-28(26)43-15-13-33(41,7)8/h12,14,16-17,19H,13,15,20-21H2,1-11H3,(H,36,38,39)/t34-/m1/s1. The molecule has 0 aliphatic carbocycles. The highest BCUT2D eigenvalue weighted by atomic mass is 28.4. The number of nitrogens with zero attached hydrogens (tertiary/aromatic N) is 6. The molecular weight excluding hydrogens is 599 g/mol. The lowest BCUT2D eigenvalue weighted by molar-refractivity contribution is 0.0575. The summed E-state index contributed by atoms with van der Waals surface area (Å²) in [6, 6.07) is 7.95. The Balaban J connectivity index is 1.55. The van der Waals surface area contributed by atoms with Gasteiger partial charge in [-0.2, -0.15) is 10.4 Å². The van der Waals surface area contributed by atoms with Crippen molar-refractivity contribution in [2.24, 2.45) is 0 Å². The second-order valence-electron chi connectivity index (χ2n) is 15.8. The van der Waals surface area contributed by atoms with E-state index in [1.165, 1.54) is 0 Å². The fourth-order valence-electron chi connectivity index (χ4n) is 5.48. The van der Waals surface area contributed by atoms with Crippen LogP contribution in [0.2, 0.25) is 18.1 Å². The van der Waals surface area contributed by atoms with Gasteiger partial charge in [0.1, 0.15) is 17.4 Å². The van der Waals surface area contributed by atoms with Gasteiger partial charge < -0.3 is 19.2 Å². The molecule has 3 aromatic rings. The molecule has 1 aromatic carbocycles. The molecule has 12 heteroatoms. The molecule has 2 aliphatic rings. The Morgan fingerprint density at radius 1 is 1.17 bits per heavy atom. The molecule has 1 atom stereocenters. The van der Waals surface area contributed by atoms with Gasteiger partial charge in [-0.05, 0) is 76.5 Å². The minimum absolute atomic E-state index is 0.00937. The lowest BCUT2D eigenvalue weighted by atomic mass is 9.83. The zero-order valence-electron chi connectivity index (χ0n) is 29.0. The average molecular weight is 646 g/mol. The molecule has 0 saturated heterocycles. The number of hydrogen-bond donors (Lipinski definition) is 1. The lowest BCUT2D eigenvalue weighted by Gasteiger charge is -2.39. The zero-order chi connectivity index (χ0) is 33.9. The maximum Gasteiger partial charge on any atom is 0.414 e. The number of rotatable bonds is 6. The molecule has 0 bridgehead atoms. The van der Waals surface area contributed by atoms with E-state index in [9.17, 15) is 10.1 Å². The van der Waals surface area contributed by atoms with Crippen molar-refractivity contribution in [1.82, 2.24) is 19.7 Å². The van der Waals surface area contributed by atoms with Crippen molar-refractivity contribution in [2.45, 2.75) is 103 Å². The first kappa shape index (κ1) is 33.4. The normalized spacial score (nSPS) is 19.1. The first-order valence-corrected chi connectivity index (χ1v) is 18.7. The minimum Gasteiger partial charge on any atom is -0.476 e. The monoisotopic (exact) mass is 645 g/mol. The van der Waals surface area contributed by atoms with Gasteiger partial charge in [-0.3, -0.25) is 4.90 Å². The first-order valence-electron chi connectivity index (χ1n) is 15.8. The van der Waals surface area contributed by atoms with Crippen molar-refractivity contribution in [3.8, 4) is 23.2 Å². The summed E-state index contributed by atoms with van der Waals surface area (Å²) in [5.74, 6) is 1.02. The Kier molecular flexibility index (Phi) is 8.27. The fourth-order valence-corrected chi connectivity index (χ4v) is 6.59. The van der Waals surface area contributed by atoms with Crippen LogP contribution in [0.1, 0.15) is 79.9 Å². The van der Waals surface area contributed by atoms with Crippen LogP contribution >= 0.6 is 0 Å². The van der Waals surface area contributed by atoms with Gasteiger partial charge in [-0.1, -0.05) is 27.7 Å². The van der Waals surface area contributed by atoms with Crippen molar-refractivity contribution in [2.75, 3.05) is 30.0 Å². The fraction of sp³-hybridized carbons (Fsp3) is 0.559. The average Bonchev–Trinajstić information content (AvgIpc) is 3.50. The minimum atomic E-state index is -2.13. The van der Waals surface area contributed by atoms with E-state index in [0.29, 0.717) is 54.2 Å². The van der Waals surface area contributed by atoms with E-state index in [-0.39, 0.29) is 10.6 Å². The molecule has 0 radical (unpaired) electrons. The smallest absolute Gasteiger partial charge is 0.414 e. The van der Waals surface area contributed by atoms with Crippen LogP contribution in [-0.4, -0.2) is 59.5 Å². The third-order valence-corrected chi connectivity index (χ3v) is 13.8. The molecule has 0 spiro atoms. The number of ether oxygens (including phenoxy) is 2. The van der Waals surface area contributed by atoms with Crippen molar-refractivity contribution >= 4 is 31.7 Å². The molecule has 2 aliphatic heterocycles. The summed E-state index contributed by atoms with van der Waals surface area (Å²) < 4.78 is 20.4. The second kappa shape index (κ2) is 11.4. The Morgan fingerprint density at radius 2 is 1.89 bits per heavy atom. The van der Waals surface area contributed by atoms with Crippen LogP contribution in [0.3, 0.4) is 0 Å². The summed E-state index contributed by atoms with van der Waals surface area (Å²) in [4.78, 5) is 24.4. The van der Waals surface area contributed by atoms with Gasteiger partial charge in [-0.15, -0.1) is 0 Å². The maximum absolute atomic E-state index is 13.5. The van der Waals surface area contributed by atoms with Crippen LogP contribution < -0.4 is 15.0 Å². The van der Waals surface area contributed by atoms with Crippen LogP contribution in [0.15, 0.2) is 30.6 Å². The van der Waals surface area contributed by atoms with Crippen LogP contribution in [-0.2, 0) is 20.1 Å². The van der Waals surface area contributed by atoms with Crippen LogP contribution in [0.4, 0.5) is 22.1 Å².